The largest absolute Gasteiger partial charge is 0.388 e. The van der Waals surface area contributed by atoms with Crippen LogP contribution in [0.2, 0.25) is 0 Å². The molecule has 8 atom stereocenters. The smallest absolute Gasteiger partial charge is 0.292 e. The summed E-state index contributed by atoms with van der Waals surface area (Å²) in [5, 5.41) is 24.3. The van der Waals surface area contributed by atoms with Gasteiger partial charge in [-0.1, -0.05) is 94.1 Å². The highest BCUT2D eigenvalue weighted by molar-refractivity contribution is 5.27. The zero-order chi connectivity index (χ0) is 38.4. The van der Waals surface area contributed by atoms with Crippen molar-refractivity contribution in [2.45, 2.75) is 119 Å². The Morgan fingerprint density at radius 1 is 0.415 bits per heavy atom. The van der Waals surface area contributed by atoms with Gasteiger partial charge >= 0.3 is 0 Å². The average molecular weight is 718 g/mol. The van der Waals surface area contributed by atoms with Crippen molar-refractivity contribution in [2.24, 2.45) is 47.3 Å². The zero-order valence-corrected chi connectivity index (χ0v) is 33.2. The fourth-order valence-corrected chi connectivity index (χ4v) is 9.90. The number of para-hydroxylation sites is 1. The van der Waals surface area contributed by atoms with Crippen LogP contribution in [0.4, 0.5) is 0 Å². The Labute approximate surface area is 321 Å². The minimum Gasteiger partial charge on any atom is -0.388 e. The van der Waals surface area contributed by atoms with Gasteiger partial charge in [0.15, 0.2) is 0 Å². The normalized spacial score (nSPS) is 26.5. The minimum absolute atomic E-state index is 0.583. The van der Waals surface area contributed by atoms with E-state index in [0.29, 0.717) is 17.2 Å². The predicted molar refractivity (Wildman–Crippen MR) is 214 cm³/mol. The molecule has 6 aliphatic rings. The molecule has 0 heterocycles. The number of aryl methyl sites for hydroxylation is 2. The molecule has 0 N–H and O–H groups in total. The molecule has 9 rings (SSSR count). The summed E-state index contributed by atoms with van der Waals surface area (Å²) in [7, 11) is 0. The highest BCUT2D eigenvalue weighted by Crippen LogP contribution is 2.59. The molecule has 6 fully saturated rings. The molecule has 6 nitrogen and oxygen atoms in total. The molecule has 0 radical (unpaired) electrons. The Morgan fingerprint density at radius 2 is 0.698 bits per heavy atom. The number of nitrogens with zero attached hydrogens (tertiary/aromatic N) is 3. The number of nitriles is 3. The molecule has 0 amide bonds. The monoisotopic (exact) mass is 717 g/mol. The maximum absolute atomic E-state index is 8.12. The molecule has 6 heteroatoms. The van der Waals surface area contributed by atoms with Gasteiger partial charge in [0.05, 0.1) is 0 Å². The molecule has 6 aliphatic carbocycles. The van der Waals surface area contributed by atoms with Gasteiger partial charge in [0, 0.05) is 0 Å². The van der Waals surface area contributed by atoms with Crippen LogP contribution in [0.15, 0.2) is 78.9 Å². The Hall–Kier alpha value is -4.47. The average Bonchev–Trinajstić information content (AvgIpc) is 4.06. The highest BCUT2D eigenvalue weighted by Gasteiger charge is 2.49. The quantitative estimate of drug-likeness (QED) is 0.250. The molecule has 6 saturated carbocycles. The van der Waals surface area contributed by atoms with Gasteiger partial charge in [-0.05, 0) is 162 Å². The molecular weight excluding hydrogens is 655 g/mol. The fraction of sp³-hybridized carbons (Fsp3) is 0.553. The number of benzene rings is 3. The number of fused-ring (bicyclic) bond motifs is 10. The van der Waals surface area contributed by atoms with Crippen LogP contribution in [0.25, 0.3) is 0 Å². The topological polar surface area (TPSA) is 99.1 Å². The predicted octanol–water partition coefficient (Wildman–Crippen LogP) is 13.0. The molecule has 8 unspecified atom stereocenters. The van der Waals surface area contributed by atoms with Crippen molar-refractivity contribution >= 4 is 0 Å². The van der Waals surface area contributed by atoms with Crippen LogP contribution in [0.5, 0.6) is 17.2 Å². The first kappa shape index (κ1) is 42.9. The van der Waals surface area contributed by atoms with E-state index in [1.54, 1.807) is 132 Å². The zero-order valence-electron chi connectivity index (χ0n) is 33.2. The number of hydrogen-bond acceptors (Lipinski definition) is 6. The van der Waals surface area contributed by atoms with Crippen molar-refractivity contribution in [1.82, 2.24) is 0 Å². The van der Waals surface area contributed by atoms with Gasteiger partial charge in [0.2, 0.25) is 0 Å². The summed E-state index contributed by atoms with van der Waals surface area (Å²) >= 11 is 0. The van der Waals surface area contributed by atoms with E-state index < -0.39 is 0 Å². The van der Waals surface area contributed by atoms with Crippen molar-refractivity contribution in [1.29, 1.82) is 15.8 Å². The van der Waals surface area contributed by atoms with E-state index in [1.807, 2.05) is 84.0 Å². The van der Waals surface area contributed by atoms with E-state index in [2.05, 4.69) is 14.2 Å². The van der Waals surface area contributed by atoms with Crippen LogP contribution in [-0.2, 0) is 0 Å². The molecular formula is C47H63N3O3. The van der Waals surface area contributed by atoms with Crippen molar-refractivity contribution in [2.75, 3.05) is 0 Å². The molecule has 0 saturated heterocycles. The summed E-state index contributed by atoms with van der Waals surface area (Å²) in [6.07, 6.45) is 23.9. The molecule has 0 spiro atoms. The lowest BCUT2D eigenvalue weighted by molar-refractivity contribution is 0.259. The minimum atomic E-state index is 0.583. The molecule has 4 bridgehead atoms. The van der Waals surface area contributed by atoms with Crippen molar-refractivity contribution in [3.8, 4) is 36.0 Å². The first-order chi connectivity index (χ1) is 26.0. The van der Waals surface area contributed by atoms with Crippen molar-refractivity contribution < 1.29 is 14.2 Å². The lowest BCUT2D eigenvalue weighted by Crippen LogP contribution is -2.15. The third kappa shape index (κ3) is 13.2. The van der Waals surface area contributed by atoms with Gasteiger partial charge in [-0.25, -0.2) is 0 Å². The van der Waals surface area contributed by atoms with Gasteiger partial charge in [-0.15, -0.1) is 15.8 Å². The Balaban J connectivity index is 0.000000174. The second-order valence-corrected chi connectivity index (χ2v) is 14.7. The van der Waals surface area contributed by atoms with E-state index in [0.717, 1.165) is 11.1 Å². The van der Waals surface area contributed by atoms with Crippen LogP contribution >= 0.6 is 0 Å². The van der Waals surface area contributed by atoms with E-state index in [1.165, 1.54) is 47.3 Å². The fourth-order valence-electron chi connectivity index (χ4n) is 9.90. The third-order valence-corrected chi connectivity index (χ3v) is 12.0. The maximum Gasteiger partial charge on any atom is 0.292 e. The molecule has 3 aromatic carbocycles. The third-order valence-electron chi connectivity index (χ3n) is 12.0. The van der Waals surface area contributed by atoms with Gasteiger partial charge in [-0.2, -0.15) is 0 Å². The lowest BCUT2D eigenvalue weighted by atomic mass is 9.82. The number of ether oxygens (including phenoxy) is 3. The van der Waals surface area contributed by atoms with E-state index >= 15 is 0 Å². The summed E-state index contributed by atoms with van der Waals surface area (Å²) < 4.78 is 13.6. The lowest BCUT2D eigenvalue weighted by Gasteiger charge is -2.23. The first-order valence-electron chi connectivity index (χ1n) is 20.3. The summed E-state index contributed by atoms with van der Waals surface area (Å²) in [5.74, 6) is 11.4. The Kier molecular flexibility index (Phi) is 19.4. The van der Waals surface area contributed by atoms with Gasteiger partial charge in [0.1, 0.15) is 17.2 Å². The standard InChI is InChI=1S/2C10H16.2C8H7NO.C7H5NO.2C2H6/c2*1-2-9-7-4-5-8(6-7)10(9)3-1;2*1-7-2-4-8(5-3-7)10-6-9;8-6-9-7-4-2-1-3-5-7;2*1-2/h2*7-10H,1-6H2;2*2-5H,1H3;1-5H;2*1-2H3. The van der Waals surface area contributed by atoms with Crippen LogP contribution in [-0.4, -0.2) is 0 Å². The van der Waals surface area contributed by atoms with Gasteiger partial charge in [0.25, 0.3) is 18.8 Å². The summed E-state index contributed by atoms with van der Waals surface area (Å²) in [5.41, 5.74) is 2.32. The van der Waals surface area contributed by atoms with Crippen molar-refractivity contribution in [3.05, 3.63) is 90.0 Å². The van der Waals surface area contributed by atoms with Crippen LogP contribution in [0.3, 0.4) is 0 Å². The molecule has 53 heavy (non-hydrogen) atoms. The Morgan fingerprint density at radius 3 is 0.981 bits per heavy atom. The number of hydrogen-bond donors (Lipinski definition) is 0. The number of rotatable bonds is 3. The summed E-state index contributed by atoms with van der Waals surface area (Å²) in [6.45, 7) is 12.0. The molecule has 284 valence electrons. The summed E-state index contributed by atoms with van der Waals surface area (Å²) in [4.78, 5) is 0. The van der Waals surface area contributed by atoms with Gasteiger partial charge < -0.3 is 14.2 Å². The van der Waals surface area contributed by atoms with Crippen LogP contribution < -0.4 is 14.2 Å². The maximum atomic E-state index is 8.12. The van der Waals surface area contributed by atoms with E-state index in [4.69, 9.17) is 15.8 Å². The second kappa shape index (κ2) is 24.0. The van der Waals surface area contributed by atoms with E-state index in [-0.39, 0.29) is 0 Å². The molecule has 0 aliphatic heterocycles. The highest BCUT2D eigenvalue weighted by atomic mass is 16.5. The molecule has 3 aromatic rings. The van der Waals surface area contributed by atoms with Crippen LogP contribution in [0, 0.1) is 95.7 Å². The van der Waals surface area contributed by atoms with E-state index in [9.17, 15) is 0 Å². The Bertz CT molecular complexity index is 1430. The SMILES string of the molecule is C1CC2C3CCC(C3)C2C1.C1CC2C3CCC(C3)C2C1.CC.CC.Cc1ccc(OC#N)cc1.Cc1ccc(OC#N)cc1.N#COc1ccccc1. The van der Waals surface area contributed by atoms with Crippen molar-refractivity contribution in [3.63, 3.8) is 0 Å². The van der Waals surface area contributed by atoms with Crippen LogP contribution in [0.1, 0.15) is 116 Å². The van der Waals surface area contributed by atoms with Gasteiger partial charge in [-0.3, -0.25) is 0 Å². The molecule has 0 aromatic heterocycles. The first-order valence-corrected chi connectivity index (χ1v) is 20.3. The summed E-state index contributed by atoms with van der Waals surface area (Å²) in [6, 6.07) is 23.6. The second-order valence-electron chi connectivity index (χ2n) is 14.7.